The molecule has 0 spiro atoms. The van der Waals surface area contributed by atoms with Gasteiger partial charge >= 0.3 is 5.97 Å². The molecule has 0 unspecified atom stereocenters. The SMILES string of the molecule is O=C(O)C1CCN(C(=O)Cc2nc(NCC3CC3)c3c4c(sc3n2)CCCC4)CC1. The number of carbonyl (C=O) groups is 2. The molecule has 0 atom stereocenters. The lowest BCUT2D eigenvalue weighted by atomic mass is 9.97. The average molecular weight is 429 g/mol. The quantitative estimate of drug-likeness (QED) is 0.733. The number of carbonyl (C=O) groups excluding carboxylic acids is 1. The fourth-order valence-electron chi connectivity index (χ4n) is 4.59. The van der Waals surface area contributed by atoms with Crippen molar-refractivity contribution < 1.29 is 14.7 Å². The molecule has 3 aliphatic rings. The zero-order chi connectivity index (χ0) is 20.7. The highest BCUT2D eigenvalue weighted by molar-refractivity contribution is 7.19. The first kappa shape index (κ1) is 19.7. The van der Waals surface area contributed by atoms with E-state index in [1.165, 1.54) is 41.5 Å². The number of aromatic nitrogens is 2. The number of anilines is 1. The first-order chi connectivity index (χ1) is 14.6. The normalized spacial score (nSPS) is 19.7. The van der Waals surface area contributed by atoms with Gasteiger partial charge in [0.15, 0.2) is 0 Å². The summed E-state index contributed by atoms with van der Waals surface area (Å²) in [4.78, 5) is 37.8. The van der Waals surface area contributed by atoms with Gasteiger partial charge in [-0.05, 0) is 62.8 Å². The number of thiophene rings is 1. The second-order valence-electron chi connectivity index (χ2n) is 8.87. The van der Waals surface area contributed by atoms with Crippen molar-refractivity contribution in [3.8, 4) is 0 Å². The maximum absolute atomic E-state index is 12.8. The minimum Gasteiger partial charge on any atom is -0.481 e. The van der Waals surface area contributed by atoms with Gasteiger partial charge < -0.3 is 15.3 Å². The van der Waals surface area contributed by atoms with Gasteiger partial charge in [0.1, 0.15) is 16.5 Å². The van der Waals surface area contributed by atoms with Crippen LogP contribution >= 0.6 is 11.3 Å². The molecule has 1 saturated heterocycles. The first-order valence-corrected chi connectivity index (χ1v) is 12.0. The van der Waals surface area contributed by atoms with Crippen LogP contribution in [-0.2, 0) is 28.9 Å². The Labute approximate surface area is 179 Å². The number of nitrogens with zero attached hydrogens (tertiary/aromatic N) is 3. The van der Waals surface area contributed by atoms with Crippen LogP contribution in [0, 0.1) is 11.8 Å². The summed E-state index contributed by atoms with van der Waals surface area (Å²) in [6, 6.07) is 0. The van der Waals surface area contributed by atoms with E-state index in [-0.39, 0.29) is 18.2 Å². The summed E-state index contributed by atoms with van der Waals surface area (Å²) in [6.45, 7) is 1.93. The van der Waals surface area contributed by atoms with Crippen LogP contribution in [0.4, 0.5) is 5.82 Å². The van der Waals surface area contributed by atoms with Gasteiger partial charge in [-0.25, -0.2) is 9.97 Å². The summed E-state index contributed by atoms with van der Waals surface area (Å²) >= 11 is 1.76. The molecular weight excluding hydrogens is 400 g/mol. The van der Waals surface area contributed by atoms with Crippen LogP contribution in [0.5, 0.6) is 0 Å². The monoisotopic (exact) mass is 428 g/mol. The maximum Gasteiger partial charge on any atom is 0.306 e. The van der Waals surface area contributed by atoms with Gasteiger partial charge in [0, 0.05) is 24.5 Å². The van der Waals surface area contributed by atoms with Crippen molar-refractivity contribution in [1.82, 2.24) is 14.9 Å². The number of aliphatic carboxylic acids is 1. The molecule has 30 heavy (non-hydrogen) atoms. The molecule has 2 aliphatic carbocycles. The lowest BCUT2D eigenvalue weighted by molar-refractivity contribution is -0.145. The third-order valence-corrected chi connectivity index (χ3v) is 7.81. The van der Waals surface area contributed by atoms with Crippen LogP contribution in [-0.4, -0.2) is 51.5 Å². The molecule has 5 rings (SSSR count). The minimum atomic E-state index is -0.760. The van der Waals surface area contributed by atoms with Crippen LogP contribution in [0.3, 0.4) is 0 Å². The third-order valence-electron chi connectivity index (χ3n) is 6.62. The van der Waals surface area contributed by atoms with Crippen molar-refractivity contribution in [3.05, 3.63) is 16.3 Å². The van der Waals surface area contributed by atoms with Gasteiger partial charge in [-0.15, -0.1) is 11.3 Å². The second-order valence-corrected chi connectivity index (χ2v) is 9.96. The number of aryl methyl sites for hydroxylation is 2. The van der Waals surface area contributed by atoms with E-state index in [0.717, 1.165) is 36.0 Å². The smallest absolute Gasteiger partial charge is 0.306 e. The molecule has 7 nitrogen and oxygen atoms in total. The van der Waals surface area contributed by atoms with Gasteiger partial charge in [0.25, 0.3) is 0 Å². The van der Waals surface area contributed by atoms with Gasteiger partial charge in [-0.1, -0.05) is 0 Å². The number of fused-ring (bicyclic) bond motifs is 3. The molecule has 2 aromatic heterocycles. The van der Waals surface area contributed by atoms with Crippen molar-refractivity contribution in [2.24, 2.45) is 11.8 Å². The number of rotatable bonds is 6. The van der Waals surface area contributed by atoms with Crippen LogP contribution in [0.15, 0.2) is 0 Å². The molecule has 0 bridgehead atoms. The fraction of sp³-hybridized carbons (Fsp3) is 0.636. The van der Waals surface area contributed by atoms with E-state index < -0.39 is 5.97 Å². The van der Waals surface area contributed by atoms with Crippen molar-refractivity contribution in [3.63, 3.8) is 0 Å². The standard InChI is InChI=1S/C22H28N4O3S/c27-18(26-9-7-14(8-10-26)22(28)29)11-17-24-20(23-12-13-5-6-13)19-15-3-1-2-4-16(15)30-21(19)25-17/h13-14H,1-12H2,(H,28,29)(H,23,24,25). The lowest BCUT2D eigenvalue weighted by Crippen LogP contribution is -2.41. The molecule has 0 radical (unpaired) electrons. The van der Waals surface area contributed by atoms with Crippen molar-refractivity contribution >= 4 is 39.2 Å². The molecule has 1 aliphatic heterocycles. The van der Waals surface area contributed by atoms with Crippen LogP contribution in [0.1, 0.15) is 54.8 Å². The maximum atomic E-state index is 12.8. The zero-order valence-corrected chi connectivity index (χ0v) is 18.0. The average Bonchev–Trinajstić information content (AvgIpc) is 3.50. The number of nitrogens with one attached hydrogen (secondary N) is 1. The molecule has 1 saturated carbocycles. The first-order valence-electron chi connectivity index (χ1n) is 11.1. The fourth-order valence-corrected chi connectivity index (χ4v) is 5.87. The summed E-state index contributed by atoms with van der Waals surface area (Å²) < 4.78 is 0. The van der Waals surface area contributed by atoms with E-state index in [0.29, 0.717) is 31.8 Å². The Bertz CT molecular complexity index is 976. The lowest BCUT2D eigenvalue weighted by Gasteiger charge is -2.30. The van der Waals surface area contributed by atoms with Gasteiger partial charge in [0.2, 0.25) is 5.91 Å². The molecule has 160 valence electrons. The zero-order valence-electron chi connectivity index (χ0n) is 17.2. The third kappa shape index (κ3) is 4.02. The van der Waals surface area contributed by atoms with Crippen LogP contribution in [0.2, 0.25) is 0 Å². The van der Waals surface area contributed by atoms with Gasteiger partial charge in [-0.3, -0.25) is 9.59 Å². The molecule has 8 heteroatoms. The number of hydrogen-bond acceptors (Lipinski definition) is 6. The van der Waals surface area contributed by atoms with Crippen molar-refractivity contribution in [1.29, 1.82) is 0 Å². The molecule has 0 aromatic carbocycles. The molecule has 2 N–H and O–H groups in total. The van der Waals surface area contributed by atoms with E-state index in [1.54, 1.807) is 16.2 Å². The van der Waals surface area contributed by atoms with Crippen molar-refractivity contribution in [2.75, 3.05) is 25.0 Å². The number of likely N-dealkylation sites (tertiary alicyclic amines) is 1. The summed E-state index contributed by atoms with van der Waals surface area (Å²) in [6.07, 6.45) is 8.43. The largest absolute Gasteiger partial charge is 0.481 e. The molecule has 1 amide bonds. The second kappa shape index (κ2) is 8.13. The molecule has 2 fully saturated rings. The Morgan fingerprint density at radius 3 is 2.60 bits per heavy atom. The summed E-state index contributed by atoms with van der Waals surface area (Å²) in [5.41, 5.74) is 1.41. The summed E-state index contributed by atoms with van der Waals surface area (Å²) in [7, 11) is 0. The van der Waals surface area contributed by atoms with Crippen LogP contribution in [0.25, 0.3) is 10.2 Å². The minimum absolute atomic E-state index is 0.00680. The highest BCUT2D eigenvalue weighted by Gasteiger charge is 2.28. The Morgan fingerprint density at radius 2 is 1.87 bits per heavy atom. The van der Waals surface area contributed by atoms with Gasteiger partial charge in [-0.2, -0.15) is 0 Å². The van der Waals surface area contributed by atoms with E-state index in [9.17, 15) is 9.59 Å². The Kier molecular flexibility index (Phi) is 5.35. The Balaban J connectivity index is 1.37. The molecule has 2 aromatic rings. The van der Waals surface area contributed by atoms with E-state index in [4.69, 9.17) is 15.1 Å². The summed E-state index contributed by atoms with van der Waals surface area (Å²) in [5, 5.41) is 13.9. The highest BCUT2D eigenvalue weighted by atomic mass is 32.1. The Hall–Kier alpha value is -2.22. The number of carboxylic acid groups (broad SMARTS) is 1. The number of hydrogen-bond donors (Lipinski definition) is 2. The topological polar surface area (TPSA) is 95.4 Å². The van der Waals surface area contributed by atoms with E-state index >= 15 is 0 Å². The van der Waals surface area contributed by atoms with Gasteiger partial charge in [0.05, 0.1) is 17.7 Å². The number of piperidine rings is 1. The number of amides is 1. The predicted octanol–water partition coefficient (Wildman–Crippen LogP) is 3.26. The van der Waals surface area contributed by atoms with Crippen LogP contribution < -0.4 is 5.32 Å². The van der Waals surface area contributed by atoms with E-state index in [1.807, 2.05) is 0 Å². The molecule has 3 heterocycles. The highest BCUT2D eigenvalue weighted by Crippen LogP contribution is 2.39. The summed E-state index contributed by atoms with van der Waals surface area (Å²) in [5.74, 6) is 1.11. The van der Waals surface area contributed by atoms with Crippen molar-refractivity contribution in [2.45, 2.75) is 57.8 Å². The Morgan fingerprint density at radius 1 is 1.10 bits per heavy atom. The molecular formula is C22H28N4O3S. The predicted molar refractivity (Wildman–Crippen MR) is 116 cm³/mol. The van der Waals surface area contributed by atoms with E-state index in [2.05, 4.69) is 5.32 Å². The number of carboxylic acids is 1.